The lowest BCUT2D eigenvalue weighted by atomic mass is 9.43. The Bertz CT molecular complexity index is 979. The third kappa shape index (κ3) is 6.37. The van der Waals surface area contributed by atoms with Gasteiger partial charge >= 0.3 is 17.9 Å². The Labute approximate surface area is 252 Å². The predicted octanol–water partition coefficient (Wildman–Crippen LogP) is 2.45. The molecule has 0 aromatic rings. The van der Waals surface area contributed by atoms with Gasteiger partial charge in [0, 0.05) is 11.3 Å². The average Bonchev–Trinajstić information content (AvgIpc) is 3.31. The molecule has 4 saturated carbocycles. The molecule has 4 aliphatic carbocycles. The Morgan fingerprint density at radius 3 is 2.14 bits per heavy atom. The van der Waals surface area contributed by atoms with Crippen LogP contribution in [0.3, 0.4) is 0 Å². The van der Waals surface area contributed by atoms with E-state index in [1.807, 2.05) is 0 Å². The minimum absolute atomic E-state index is 0.0635. The van der Waals surface area contributed by atoms with Crippen molar-refractivity contribution in [1.82, 2.24) is 4.90 Å². The van der Waals surface area contributed by atoms with Gasteiger partial charge < -0.3 is 36.3 Å². The Morgan fingerprint density at radius 2 is 1.50 bits per heavy atom. The van der Waals surface area contributed by atoms with E-state index in [0.717, 1.165) is 57.9 Å². The number of ether oxygens (including phenoxy) is 3. The second kappa shape index (κ2) is 13.5. The number of carbonyl (C=O) groups is 3. The van der Waals surface area contributed by atoms with Gasteiger partial charge in [0.2, 0.25) is 0 Å². The summed E-state index contributed by atoms with van der Waals surface area (Å²) in [4.78, 5) is 39.7. The lowest BCUT2D eigenvalue weighted by Crippen LogP contribution is -2.63. The third-order valence-electron chi connectivity index (χ3n) is 12.1. The number of rotatable bonds is 11. The largest absolute Gasteiger partial charge is 0.461 e. The Morgan fingerprint density at radius 1 is 0.857 bits per heavy atom. The van der Waals surface area contributed by atoms with Crippen molar-refractivity contribution in [3.8, 4) is 0 Å². The molecule has 0 spiro atoms. The molecule has 240 valence electrons. The third-order valence-corrected chi connectivity index (χ3v) is 12.1. The standard InChI is InChI=1S/C32H56N4O6/c1-19(7-6-12-36(4)5)22-8-9-23-30-24(15-26(32(22,23)3)42-29(39)18-35)31(2)11-10-21(40-27(37)16-33)13-20(31)14-25(30)41-28(38)17-34/h19-26,30H,6-18,33-35H2,1-5H3/t19-,20+,21-,22-,23+,24+,25-,26+,30+,31+,32-/m1/s1. The van der Waals surface area contributed by atoms with Crippen molar-refractivity contribution in [3.63, 3.8) is 0 Å². The summed E-state index contributed by atoms with van der Waals surface area (Å²) in [6.07, 6.45) is 7.43. The molecular formula is C32H56N4O6. The molecule has 4 fully saturated rings. The molecule has 0 aromatic carbocycles. The molecule has 0 unspecified atom stereocenters. The molecular weight excluding hydrogens is 536 g/mol. The maximum Gasteiger partial charge on any atom is 0.319 e. The van der Waals surface area contributed by atoms with Crippen LogP contribution in [0.1, 0.15) is 78.6 Å². The van der Waals surface area contributed by atoms with E-state index >= 15 is 0 Å². The topological polar surface area (TPSA) is 160 Å². The first kappa shape index (κ1) is 33.1. The maximum absolute atomic E-state index is 12.8. The Kier molecular flexibility index (Phi) is 10.6. The molecule has 4 rings (SSSR count). The highest BCUT2D eigenvalue weighted by molar-refractivity contribution is 5.72. The molecule has 0 bridgehead atoms. The molecule has 11 atom stereocenters. The molecule has 42 heavy (non-hydrogen) atoms. The minimum atomic E-state index is -0.387. The van der Waals surface area contributed by atoms with Gasteiger partial charge in [-0.05, 0) is 113 Å². The van der Waals surface area contributed by atoms with Crippen molar-refractivity contribution in [1.29, 1.82) is 0 Å². The zero-order valence-corrected chi connectivity index (χ0v) is 26.5. The molecule has 4 aliphatic rings. The van der Waals surface area contributed by atoms with Gasteiger partial charge in [0.15, 0.2) is 0 Å². The lowest BCUT2D eigenvalue weighted by Gasteiger charge is -2.64. The Hall–Kier alpha value is -1.75. The second-order valence-electron chi connectivity index (χ2n) is 14.4. The normalized spacial score (nSPS) is 39.9. The average molecular weight is 593 g/mol. The summed E-state index contributed by atoms with van der Waals surface area (Å²) in [5, 5.41) is 0. The summed E-state index contributed by atoms with van der Waals surface area (Å²) in [5.41, 5.74) is 16.8. The summed E-state index contributed by atoms with van der Waals surface area (Å²) in [5.74, 6) is 0.521. The van der Waals surface area contributed by atoms with Crippen LogP contribution >= 0.6 is 0 Å². The number of fused-ring (bicyclic) bond motifs is 5. The van der Waals surface area contributed by atoms with E-state index in [9.17, 15) is 14.4 Å². The summed E-state index contributed by atoms with van der Waals surface area (Å²) in [6, 6.07) is 0. The van der Waals surface area contributed by atoms with Gasteiger partial charge in [-0.25, -0.2) is 0 Å². The first-order chi connectivity index (χ1) is 19.9. The maximum atomic E-state index is 12.8. The first-order valence-corrected chi connectivity index (χ1v) is 16.2. The minimum Gasteiger partial charge on any atom is -0.461 e. The van der Waals surface area contributed by atoms with Gasteiger partial charge in [-0.1, -0.05) is 20.8 Å². The molecule has 10 heteroatoms. The van der Waals surface area contributed by atoms with Gasteiger partial charge in [-0.2, -0.15) is 0 Å². The fraction of sp³-hybridized carbons (Fsp3) is 0.906. The van der Waals surface area contributed by atoms with Crippen LogP contribution in [0.25, 0.3) is 0 Å². The van der Waals surface area contributed by atoms with Crippen LogP contribution in [0, 0.1) is 46.3 Å². The molecule has 0 heterocycles. The fourth-order valence-electron chi connectivity index (χ4n) is 10.1. The van der Waals surface area contributed by atoms with Gasteiger partial charge in [-0.3, -0.25) is 14.4 Å². The van der Waals surface area contributed by atoms with Crippen molar-refractivity contribution < 1.29 is 28.6 Å². The van der Waals surface area contributed by atoms with Crippen LogP contribution in [0.4, 0.5) is 0 Å². The fourth-order valence-corrected chi connectivity index (χ4v) is 10.1. The number of nitrogens with two attached hydrogens (primary N) is 3. The summed E-state index contributed by atoms with van der Waals surface area (Å²) in [7, 11) is 4.22. The van der Waals surface area contributed by atoms with Crippen LogP contribution < -0.4 is 17.2 Å². The van der Waals surface area contributed by atoms with Crippen LogP contribution in [0.2, 0.25) is 0 Å². The highest BCUT2D eigenvalue weighted by Gasteiger charge is 2.67. The van der Waals surface area contributed by atoms with E-state index < -0.39 is 0 Å². The van der Waals surface area contributed by atoms with E-state index in [0.29, 0.717) is 18.3 Å². The molecule has 6 N–H and O–H groups in total. The summed E-state index contributed by atoms with van der Waals surface area (Å²) < 4.78 is 18.2. The van der Waals surface area contributed by atoms with Crippen LogP contribution in [-0.2, 0) is 28.6 Å². The second-order valence-corrected chi connectivity index (χ2v) is 14.4. The summed E-state index contributed by atoms with van der Waals surface area (Å²) >= 11 is 0. The molecule has 0 amide bonds. The van der Waals surface area contributed by atoms with Crippen molar-refractivity contribution >= 4 is 17.9 Å². The predicted molar refractivity (Wildman–Crippen MR) is 160 cm³/mol. The zero-order valence-electron chi connectivity index (χ0n) is 26.5. The van der Waals surface area contributed by atoms with Crippen molar-refractivity contribution in [2.24, 2.45) is 63.5 Å². The highest BCUT2D eigenvalue weighted by atomic mass is 16.6. The molecule has 10 nitrogen and oxygen atoms in total. The molecule has 0 saturated heterocycles. The van der Waals surface area contributed by atoms with Gasteiger partial charge in [0.05, 0.1) is 19.6 Å². The smallest absolute Gasteiger partial charge is 0.319 e. The Balaban J connectivity index is 1.69. The number of hydrogen-bond donors (Lipinski definition) is 3. The monoisotopic (exact) mass is 592 g/mol. The van der Waals surface area contributed by atoms with Crippen molar-refractivity contribution in [2.75, 3.05) is 40.3 Å². The van der Waals surface area contributed by atoms with Gasteiger partial charge in [0.1, 0.15) is 18.3 Å². The van der Waals surface area contributed by atoms with Crippen molar-refractivity contribution in [2.45, 2.75) is 96.9 Å². The lowest BCUT2D eigenvalue weighted by molar-refractivity contribution is -0.225. The van der Waals surface area contributed by atoms with E-state index in [2.05, 4.69) is 39.8 Å². The van der Waals surface area contributed by atoms with E-state index in [1.54, 1.807) is 0 Å². The quantitative estimate of drug-likeness (QED) is 0.240. The highest BCUT2D eigenvalue weighted by Crippen LogP contribution is 2.69. The van der Waals surface area contributed by atoms with Crippen LogP contribution in [0.5, 0.6) is 0 Å². The molecule has 0 aliphatic heterocycles. The van der Waals surface area contributed by atoms with Gasteiger partial charge in [0.25, 0.3) is 0 Å². The number of carbonyl (C=O) groups excluding carboxylic acids is 3. The van der Waals surface area contributed by atoms with E-state index in [4.69, 9.17) is 31.4 Å². The first-order valence-electron chi connectivity index (χ1n) is 16.2. The number of nitrogens with zero attached hydrogens (tertiary/aromatic N) is 1. The van der Waals surface area contributed by atoms with E-state index in [-0.39, 0.29) is 90.4 Å². The zero-order chi connectivity index (χ0) is 30.8. The SMILES string of the molecule is C[C@H](CCCN(C)C)[C@H]1CC[C@H]2[C@@H]3[C@H](OC(=O)CN)C[C@@H]4C[C@H](OC(=O)CN)CC[C@]4(C)[C@H]3C[C@H](OC(=O)CN)[C@]12C. The summed E-state index contributed by atoms with van der Waals surface area (Å²) in [6.45, 7) is 7.67. The number of hydrogen-bond acceptors (Lipinski definition) is 10. The van der Waals surface area contributed by atoms with E-state index in [1.165, 1.54) is 0 Å². The van der Waals surface area contributed by atoms with Crippen LogP contribution in [0.15, 0.2) is 0 Å². The van der Waals surface area contributed by atoms with Crippen LogP contribution in [-0.4, -0.2) is 81.4 Å². The van der Waals surface area contributed by atoms with Gasteiger partial charge in [-0.15, -0.1) is 0 Å². The van der Waals surface area contributed by atoms with Crippen molar-refractivity contribution in [3.05, 3.63) is 0 Å². The number of esters is 3. The molecule has 0 radical (unpaired) electrons. The molecule has 0 aromatic heterocycles.